The van der Waals surface area contributed by atoms with Crippen LogP contribution in [-0.4, -0.2) is 40.4 Å². The van der Waals surface area contributed by atoms with E-state index < -0.39 is 6.10 Å². The van der Waals surface area contributed by atoms with Gasteiger partial charge in [0.1, 0.15) is 5.78 Å². The molecule has 1 aliphatic carbocycles. The third kappa shape index (κ3) is 7.16. The number of aromatic hydroxyl groups is 2. The average Bonchev–Trinajstić information content (AvgIpc) is 2.79. The molecule has 32 heavy (non-hydrogen) atoms. The van der Waals surface area contributed by atoms with Crippen molar-refractivity contribution >= 4 is 5.78 Å². The van der Waals surface area contributed by atoms with Gasteiger partial charge >= 0.3 is 0 Å². The lowest BCUT2D eigenvalue weighted by molar-refractivity contribution is -0.121. The summed E-state index contributed by atoms with van der Waals surface area (Å²) in [7, 11) is 1.49. The van der Waals surface area contributed by atoms with E-state index in [9.17, 15) is 20.1 Å². The number of ether oxygens (including phenoxy) is 2. The minimum absolute atomic E-state index is 0.00318. The Kier molecular flexibility index (Phi) is 8.80. The molecule has 2 aromatic rings. The highest BCUT2D eigenvalue weighted by atomic mass is 16.5. The third-order valence-corrected chi connectivity index (χ3v) is 6.04. The third-order valence-electron chi connectivity index (χ3n) is 6.04. The van der Waals surface area contributed by atoms with Crippen LogP contribution in [-0.2, 0) is 17.6 Å². The second kappa shape index (κ2) is 11.8. The Hall–Kier alpha value is -2.73. The first-order valence-corrected chi connectivity index (χ1v) is 11.5. The summed E-state index contributed by atoms with van der Waals surface area (Å²) in [5.41, 5.74) is 1.87. The molecule has 0 radical (unpaired) electrons. The van der Waals surface area contributed by atoms with Gasteiger partial charge in [-0.3, -0.25) is 4.79 Å². The summed E-state index contributed by atoms with van der Waals surface area (Å²) in [5, 5.41) is 30.1. The number of aliphatic hydroxyl groups excluding tert-OH is 1. The van der Waals surface area contributed by atoms with Crippen LogP contribution in [0.1, 0.15) is 62.5 Å². The van der Waals surface area contributed by atoms with Gasteiger partial charge in [0, 0.05) is 12.8 Å². The molecule has 6 heteroatoms. The standard InChI is InChI=1S/C26H34O6/c1-31-25-15-18(9-13-23(25)29)7-11-20(27)17-21(28)12-8-19-10-14-24(30)26(16-19)32-22-5-3-2-4-6-22/h9-10,13-16,21-22,28-30H,2-8,11-12,17H2,1H3/t21-/m1/s1. The van der Waals surface area contributed by atoms with Crippen molar-refractivity contribution in [3.8, 4) is 23.0 Å². The Morgan fingerprint density at radius 1 is 0.969 bits per heavy atom. The van der Waals surface area contributed by atoms with Crippen molar-refractivity contribution in [1.82, 2.24) is 0 Å². The van der Waals surface area contributed by atoms with E-state index in [-0.39, 0.29) is 29.8 Å². The summed E-state index contributed by atoms with van der Waals surface area (Å²) in [6.45, 7) is 0. The van der Waals surface area contributed by atoms with Crippen LogP contribution in [0.5, 0.6) is 23.0 Å². The minimum atomic E-state index is -0.714. The highest BCUT2D eigenvalue weighted by molar-refractivity contribution is 5.79. The Balaban J connectivity index is 1.44. The number of rotatable bonds is 11. The Labute approximate surface area is 189 Å². The van der Waals surface area contributed by atoms with Crippen molar-refractivity contribution < 1.29 is 29.6 Å². The van der Waals surface area contributed by atoms with Crippen molar-refractivity contribution in [1.29, 1.82) is 0 Å². The van der Waals surface area contributed by atoms with Gasteiger partial charge in [0.05, 0.1) is 19.3 Å². The molecule has 0 amide bonds. The fourth-order valence-corrected chi connectivity index (χ4v) is 4.13. The quantitative estimate of drug-likeness (QED) is 0.467. The summed E-state index contributed by atoms with van der Waals surface area (Å²) in [4.78, 5) is 12.3. The molecular weight excluding hydrogens is 408 g/mol. The maximum Gasteiger partial charge on any atom is 0.161 e. The molecule has 0 unspecified atom stereocenters. The van der Waals surface area contributed by atoms with Crippen molar-refractivity contribution in [2.45, 2.75) is 76.4 Å². The number of benzene rings is 2. The van der Waals surface area contributed by atoms with Gasteiger partial charge in [-0.2, -0.15) is 0 Å². The molecule has 2 aromatic carbocycles. The zero-order chi connectivity index (χ0) is 22.9. The molecule has 1 aliphatic rings. The van der Waals surface area contributed by atoms with Crippen molar-refractivity contribution in [3.63, 3.8) is 0 Å². The second-order valence-electron chi connectivity index (χ2n) is 8.62. The Bertz CT molecular complexity index is 888. The molecule has 174 valence electrons. The van der Waals surface area contributed by atoms with Crippen LogP contribution in [0.3, 0.4) is 0 Å². The maximum atomic E-state index is 12.3. The zero-order valence-electron chi connectivity index (χ0n) is 18.8. The molecule has 0 saturated heterocycles. The number of Topliss-reactive ketones (excluding diaryl/α,β-unsaturated/α-hetero) is 1. The van der Waals surface area contributed by atoms with Crippen LogP contribution < -0.4 is 9.47 Å². The smallest absolute Gasteiger partial charge is 0.161 e. The van der Waals surface area contributed by atoms with Gasteiger partial charge in [-0.05, 0) is 80.3 Å². The molecule has 3 N–H and O–H groups in total. The normalized spacial score (nSPS) is 15.3. The van der Waals surface area contributed by atoms with Crippen molar-refractivity contribution in [2.24, 2.45) is 0 Å². The summed E-state index contributed by atoms with van der Waals surface area (Å²) >= 11 is 0. The molecular formula is C26H34O6. The topological polar surface area (TPSA) is 96.2 Å². The van der Waals surface area contributed by atoms with Gasteiger partial charge in [-0.25, -0.2) is 0 Å². The van der Waals surface area contributed by atoms with Crippen LogP contribution in [0.25, 0.3) is 0 Å². The van der Waals surface area contributed by atoms with E-state index in [0.717, 1.165) is 36.8 Å². The fourth-order valence-electron chi connectivity index (χ4n) is 4.13. The van der Waals surface area contributed by atoms with Crippen LogP contribution in [0.15, 0.2) is 36.4 Å². The van der Waals surface area contributed by atoms with E-state index in [1.54, 1.807) is 24.3 Å². The first kappa shape index (κ1) is 23.9. The van der Waals surface area contributed by atoms with E-state index >= 15 is 0 Å². The number of hydrogen-bond donors (Lipinski definition) is 3. The average molecular weight is 443 g/mol. The highest BCUT2D eigenvalue weighted by Crippen LogP contribution is 2.32. The molecule has 0 aliphatic heterocycles. The Morgan fingerprint density at radius 3 is 2.28 bits per heavy atom. The molecule has 6 nitrogen and oxygen atoms in total. The van der Waals surface area contributed by atoms with E-state index in [0.29, 0.717) is 37.2 Å². The molecule has 0 heterocycles. The number of phenols is 2. The van der Waals surface area contributed by atoms with Crippen molar-refractivity contribution in [2.75, 3.05) is 7.11 Å². The van der Waals surface area contributed by atoms with E-state index in [1.807, 2.05) is 12.1 Å². The lowest BCUT2D eigenvalue weighted by atomic mass is 9.97. The lowest BCUT2D eigenvalue weighted by Gasteiger charge is -2.23. The second-order valence-corrected chi connectivity index (χ2v) is 8.62. The van der Waals surface area contributed by atoms with E-state index in [2.05, 4.69) is 0 Å². The summed E-state index contributed by atoms with van der Waals surface area (Å²) in [6.07, 6.45) is 7.06. The molecule has 0 bridgehead atoms. The van der Waals surface area contributed by atoms with Gasteiger partial charge < -0.3 is 24.8 Å². The first-order valence-electron chi connectivity index (χ1n) is 11.5. The Morgan fingerprint density at radius 2 is 1.59 bits per heavy atom. The number of carbonyl (C=O) groups excluding carboxylic acids is 1. The molecule has 3 rings (SSSR count). The predicted octanol–water partition coefficient (Wildman–Crippen LogP) is 4.70. The first-order chi connectivity index (χ1) is 15.4. The number of carbonyl (C=O) groups is 1. The van der Waals surface area contributed by atoms with Gasteiger partial charge in [0.15, 0.2) is 23.0 Å². The number of aryl methyl sites for hydroxylation is 2. The molecule has 1 saturated carbocycles. The molecule has 0 aromatic heterocycles. The molecule has 1 fully saturated rings. The number of methoxy groups -OCH3 is 1. The van der Waals surface area contributed by atoms with E-state index in [1.165, 1.54) is 13.5 Å². The number of ketones is 1. The fraction of sp³-hybridized carbons (Fsp3) is 0.500. The summed E-state index contributed by atoms with van der Waals surface area (Å²) in [6, 6.07) is 10.3. The monoisotopic (exact) mass is 442 g/mol. The van der Waals surface area contributed by atoms with Crippen LogP contribution >= 0.6 is 0 Å². The predicted molar refractivity (Wildman–Crippen MR) is 123 cm³/mol. The van der Waals surface area contributed by atoms with Crippen LogP contribution in [0.2, 0.25) is 0 Å². The van der Waals surface area contributed by atoms with E-state index in [4.69, 9.17) is 9.47 Å². The number of hydrogen-bond acceptors (Lipinski definition) is 6. The minimum Gasteiger partial charge on any atom is -0.504 e. The zero-order valence-corrected chi connectivity index (χ0v) is 18.8. The van der Waals surface area contributed by atoms with Gasteiger partial charge in [-0.1, -0.05) is 18.6 Å². The van der Waals surface area contributed by atoms with Crippen LogP contribution in [0.4, 0.5) is 0 Å². The lowest BCUT2D eigenvalue weighted by Crippen LogP contribution is -2.19. The summed E-state index contributed by atoms with van der Waals surface area (Å²) in [5.74, 6) is 1.09. The van der Waals surface area contributed by atoms with Gasteiger partial charge in [-0.15, -0.1) is 0 Å². The van der Waals surface area contributed by atoms with Crippen molar-refractivity contribution in [3.05, 3.63) is 47.5 Å². The SMILES string of the molecule is COc1cc(CCC(=O)C[C@H](O)CCc2ccc(O)c(OC3CCCCC3)c2)ccc1O. The molecule has 0 spiro atoms. The number of phenolic OH excluding ortho intramolecular Hbond substituents is 2. The number of aliphatic hydroxyl groups is 1. The maximum absolute atomic E-state index is 12.3. The largest absolute Gasteiger partial charge is 0.504 e. The summed E-state index contributed by atoms with van der Waals surface area (Å²) < 4.78 is 11.1. The van der Waals surface area contributed by atoms with Gasteiger partial charge in [0.25, 0.3) is 0 Å². The molecule has 1 atom stereocenters. The highest BCUT2D eigenvalue weighted by Gasteiger charge is 2.17. The van der Waals surface area contributed by atoms with Crippen LogP contribution in [0, 0.1) is 0 Å². The van der Waals surface area contributed by atoms with Gasteiger partial charge in [0.2, 0.25) is 0 Å².